The van der Waals surface area contributed by atoms with Gasteiger partial charge in [0.05, 0.1) is 6.04 Å². The van der Waals surface area contributed by atoms with Crippen molar-refractivity contribution in [1.82, 2.24) is 25.0 Å². The third-order valence-corrected chi connectivity index (χ3v) is 4.76. The molecule has 1 aromatic heterocycles. The van der Waals surface area contributed by atoms with Crippen molar-refractivity contribution in [2.75, 3.05) is 25.4 Å². The molecular weight excluding hydrogens is 373 g/mol. The van der Waals surface area contributed by atoms with Gasteiger partial charge in [0, 0.05) is 6.54 Å². The lowest BCUT2D eigenvalue weighted by Gasteiger charge is -2.35. The lowest BCUT2D eigenvalue weighted by Crippen LogP contribution is -2.41. The molecule has 0 saturated carbocycles. The summed E-state index contributed by atoms with van der Waals surface area (Å²) in [5.74, 6) is -2.27. The van der Waals surface area contributed by atoms with E-state index in [1.165, 1.54) is 6.42 Å². The zero-order valence-corrected chi connectivity index (χ0v) is 15.3. The van der Waals surface area contributed by atoms with Gasteiger partial charge >= 0.3 is 6.18 Å². The lowest BCUT2D eigenvalue weighted by atomic mass is 10.0. The number of amides is 1. The molecule has 1 aliphatic rings. The van der Waals surface area contributed by atoms with Crippen LogP contribution in [0.15, 0.2) is 30.3 Å². The van der Waals surface area contributed by atoms with Gasteiger partial charge in [0.2, 0.25) is 11.9 Å². The predicted octanol–water partition coefficient (Wildman–Crippen LogP) is 2.22. The first-order valence-corrected chi connectivity index (χ1v) is 9.18. The number of halogens is 3. The largest absolute Gasteiger partial charge is 0.453 e. The highest BCUT2D eigenvalue weighted by Gasteiger charge is 2.37. The number of alkyl halides is 3. The van der Waals surface area contributed by atoms with E-state index in [1.54, 1.807) is 0 Å². The highest BCUT2D eigenvalue weighted by atomic mass is 19.4. The van der Waals surface area contributed by atoms with E-state index in [4.69, 9.17) is 5.73 Å². The summed E-state index contributed by atoms with van der Waals surface area (Å²) in [6.07, 6.45) is -1.31. The normalized spacial score (nSPS) is 16.7. The molecule has 0 aliphatic carbocycles. The van der Waals surface area contributed by atoms with Crippen molar-refractivity contribution in [3.05, 3.63) is 41.7 Å². The van der Waals surface area contributed by atoms with Crippen LogP contribution in [0.1, 0.15) is 36.7 Å². The van der Waals surface area contributed by atoms with Crippen molar-refractivity contribution >= 4 is 11.9 Å². The molecule has 2 heterocycles. The minimum Gasteiger partial charge on any atom is -0.368 e. The number of piperidine rings is 1. The summed E-state index contributed by atoms with van der Waals surface area (Å²) in [7, 11) is 0. The maximum absolute atomic E-state index is 12.7. The summed E-state index contributed by atoms with van der Waals surface area (Å²) >= 11 is 0. The molecule has 7 nitrogen and oxygen atoms in total. The summed E-state index contributed by atoms with van der Waals surface area (Å²) < 4.78 is 38.8. The fraction of sp³-hybridized carbons (Fsp3) is 0.500. The Morgan fingerprint density at radius 1 is 1.18 bits per heavy atom. The number of nitrogens with zero attached hydrogens (tertiary/aromatic N) is 4. The monoisotopic (exact) mass is 396 g/mol. The molecule has 1 amide bonds. The summed E-state index contributed by atoms with van der Waals surface area (Å²) in [5.41, 5.74) is 6.54. The van der Waals surface area contributed by atoms with E-state index in [0.717, 1.165) is 36.2 Å². The number of rotatable bonds is 6. The molecule has 3 rings (SSSR count). The fourth-order valence-electron chi connectivity index (χ4n) is 3.36. The average molecular weight is 396 g/mol. The first-order chi connectivity index (χ1) is 13.3. The van der Waals surface area contributed by atoms with Crippen molar-refractivity contribution in [2.45, 2.75) is 38.0 Å². The van der Waals surface area contributed by atoms with Crippen molar-refractivity contribution < 1.29 is 18.0 Å². The van der Waals surface area contributed by atoms with Gasteiger partial charge in [-0.05, 0) is 31.5 Å². The molecule has 1 fully saturated rings. The Morgan fingerprint density at radius 3 is 2.46 bits per heavy atom. The Kier molecular flexibility index (Phi) is 6.18. The summed E-state index contributed by atoms with van der Waals surface area (Å²) in [6, 6.07) is 9.85. The first kappa shape index (κ1) is 20.1. The Balaban J connectivity index is 1.64. The number of hydrogen-bond donors (Lipinski definition) is 2. The molecule has 1 aromatic carbocycles. The van der Waals surface area contributed by atoms with Gasteiger partial charge in [-0.2, -0.15) is 18.2 Å². The number of anilines is 1. The number of nitrogen functional groups attached to an aromatic ring is 1. The molecule has 0 radical (unpaired) electrons. The van der Waals surface area contributed by atoms with Crippen molar-refractivity contribution in [3.8, 4) is 0 Å². The smallest absolute Gasteiger partial charge is 0.368 e. The van der Waals surface area contributed by atoms with E-state index < -0.39 is 30.4 Å². The minimum absolute atomic E-state index is 0.00396. The van der Waals surface area contributed by atoms with Gasteiger partial charge in [0.1, 0.15) is 6.54 Å². The second-order valence-corrected chi connectivity index (χ2v) is 6.78. The van der Waals surface area contributed by atoms with Crippen LogP contribution in [0.3, 0.4) is 0 Å². The van der Waals surface area contributed by atoms with Gasteiger partial charge in [-0.1, -0.05) is 36.8 Å². The number of aromatic nitrogens is 3. The molecule has 2 aromatic rings. The van der Waals surface area contributed by atoms with Crippen LogP contribution in [-0.2, 0) is 17.5 Å². The van der Waals surface area contributed by atoms with Crippen LogP contribution < -0.4 is 11.1 Å². The SMILES string of the molecule is Nc1nc(C(F)(F)F)nn1CC(=O)NCC(c1ccccc1)N1CCCCC1. The quantitative estimate of drug-likeness (QED) is 0.782. The lowest BCUT2D eigenvalue weighted by molar-refractivity contribution is -0.145. The van der Waals surface area contributed by atoms with Gasteiger partial charge in [-0.25, -0.2) is 4.68 Å². The number of carbonyl (C=O) groups excluding carboxylic acids is 1. The molecule has 1 saturated heterocycles. The fourth-order valence-corrected chi connectivity index (χ4v) is 3.36. The van der Waals surface area contributed by atoms with Gasteiger partial charge in [-0.3, -0.25) is 9.69 Å². The molecule has 3 N–H and O–H groups in total. The molecule has 0 bridgehead atoms. The number of nitrogens with one attached hydrogen (secondary N) is 1. The van der Waals surface area contributed by atoms with Crippen LogP contribution in [0, 0.1) is 0 Å². The van der Waals surface area contributed by atoms with Crippen molar-refractivity contribution in [1.29, 1.82) is 0 Å². The van der Waals surface area contributed by atoms with Crippen LogP contribution in [-0.4, -0.2) is 45.2 Å². The number of nitrogens with two attached hydrogens (primary N) is 1. The van der Waals surface area contributed by atoms with Crippen LogP contribution in [0.25, 0.3) is 0 Å². The minimum atomic E-state index is -4.71. The summed E-state index contributed by atoms with van der Waals surface area (Å²) in [5, 5.41) is 6.08. The molecule has 1 aliphatic heterocycles. The molecular formula is C18H23F3N6O. The zero-order valence-electron chi connectivity index (χ0n) is 15.3. The van der Waals surface area contributed by atoms with Gasteiger partial charge in [0.15, 0.2) is 0 Å². The van der Waals surface area contributed by atoms with E-state index in [2.05, 4.69) is 20.3 Å². The molecule has 28 heavy (non-hydrogen) atoms. The predicted molar refractivity (Wildman–Crippen MR) is 97.1 cm³/mol. The Bertz CT molecular complexity index is 786. The molecule has 152 valence electrons. The summed E-state index contributed by atoms with van der Waals surface area (Å²) in [6.45, 7) is 1.82. The van der Waals surface area contributed by atoms with E-state index in [-0.39, 0.29) is 6.04 Å². The van der Waals surface area contributed by atoms with E-state index in [1.807, 2.05) is 30.3 Å². The zero-order chi connectivity index (χ0) is 20.1. The average Bonchev–Trinajstić information content (AvgIpc) is 3.04. The van der Waals surface area contributed by atoms with Gasteiger partial charge in [-0.15, -0.1) is 5.10 Å². The van der Waals surface area contributed by atoms with Crippen molar-refractivity contribution in [3.63, 3.8) is 0 Å². The number of benzene rings is 1. The van der Waals surface area contributed by atoms with Crippen LogP contribution in [0.4, 0.5) is 19.1 Å². The highest BCUT2D eigenvalue weighted by Crippen LogP contribution is 2.27. The summed E-state index contributed by atoms with van der Waals surface area (Å²) in [4.78, 5) is 17.8. The number of likely N-dealkylation sites (tertiary alicyclic amines) is 1. The van der Waals surface area contributed by atoms with Gasteiger partial charge in [0.25, 0.3) is 5.82 Å². The van der Waals surface area contributed by atoms with Crippen molar-refractivity contribution in [2.24, 2.45) is 0 Å². The molecule has 1 atom stereocenters. The Morgan fingerprint density at radius 2 is 1.86 bits per heavy atom. The Labute approximate surface area is 160 Å². The standard InChI is InChI=1S/C18H23F3N6O/c19-18(20,21)16-24-17(22)27(25-16)12-15(28)23-11-14(13-7-3-1-4-8-13)26-9-5-2-6-10-26/h1,3-4,7-8,14H,2,5-6,9-12H2,(H,23,28)(H2,22,24,25). The molecule has 0 spiro atoms. The number of carbonyl (C=O) groups is 1. The second-order valence-electron chi connectivity index (χ2n) is 6.78. The van der Waals surface area contributed by atoms with Crippen LogP contribution >= 0.6 is 0 Å². The van der Waals surface area contributed by atoms with Crippen LogP contribution in [0.2, 0.25) is 0 Å². The molecule has 1 unspecified atom stereocenters. The Hall–Kier alpha value is -2.62. The first-order valence-electron chi connectivity index (χ1n) is 9.18. The third-order valence-electron chi connectivity index (χ3n) is 4.76. The topological polar surface area (TPSA) is 89.1 Å². The molecule has 10 heteroatoms. The van der Waals surface area contributed by atoms with Crippen LogP contribution in [0.5, 0.6) is 0 Å². The maximum atomic E-state index is 12.7. The second kappa shape index (κ2) is 8.59. The van der Waals surface area contributed by atoms with Gasteiger partial charge < -0.3 is 11.1 Å². The van der Waals surface area contributed by atoms with E-state index in [0.29, 0.717) is 6.54 Å². The highest BCUT2D eigenvalue weighted by molar-refractivity contribution is 5.76. The van der Waals surface area contributed by atoms with E-state index in [9.17, 15) is 18.0 Å². The third kappa shape index (κ3) is 5.00. The maximum Gasteiger partial charge on any atom is 0.453 e. The number of hydrogen-bond acceptors (Lipinski definition) is 5. The van der Waals surface area contributed by atoms with E-state index >= 15 is 0 Å².